The van der Waals surface area contributed by atoms with Crippen molar-refractivity contribution in [2.45, 2.75) is 12.3 Å². The lowest BCUT2D eigenvalue weighted by Crippen LogP contribution is -2.14. The molecule has 120 valence electrons. The fourth-order valence-corrected chi connectivity index (χ4v) is 2.79. The molecular formula is C20H17NO2S. The van der Waals surface area contributed by atoms with E-state index in [1.165, 1.54) is 0 Å². The number of benzene rings is 2. The number of nitrogens with one attached hydrogen (secondary N) is 1. The predicted octanol–water partition coefficient (Wildman–Crippen LogP) is 4.87. The monoisotopic (exact) mass is 335 g/mol. The van der Waals surface area contributed by atoms with Crippen molar-refractivity contribution < 1.29 is 9.53 Å². The molecular weight excluding hydrogens is 318 g/mol. The Labute approximate surface area is 145 Å². The molecule has 4 heteroatoms. The molecule has 0 amide bonds. The molecule has 0 unspecified atom stereocenters. The first kappa shape index (κ1) is 16.1. The highest BCUT2D eigenvalue weighted by Crippen LogP contribution is 2.28. The lowest BCUT2D eigenvalue weighted by Gasteiger charge is -2.17. The third-order valence-corrected chi connectivity index (χ3v) is 4.10. The van der Waals surface area contributed by atoms with Gasteiger partial charge in [-0.1, -0.05) is 72.9 Å². The van der Waals surface area contributed by atoms with E-state index in [1.807, 2.05) is 60.7 Å². The maximum atomic E-state index is 12.4. The Bertz CT molecular complexity index is 820. The summed E-state index contributed by atoms with van der Waals surface area (Å²) < 4.78 is 5.86. The molecule has 3 aromatic rings. The number of aromatic amines is 1. The second kappa shape index (κ2) is 7.70. The molecule has 0 aliphatic carbocycles. The van der Waals surface area contributed by atoms with Gasteiger partial charge in [-0.05, 0) is 23.3 Å². The number of carbonyl (C=O) groups is 1. The molecule has 0 bridgehead atoms. The molecule has 0 saturated heterocycles. The summed E-state index contributed by atoms with van der Waals surface area (Å²) in [6.45, 7) is 0. The Balaban J connectivity index is 1.83. The highest BCUT2D eigenvalue weighted by molar-refractivity contribution is 7.71. The number of hydrogen-bond acceptors (Lipinski definition) is 3. The first-order chi connectivity index (χ1) is 11.7. The van der Waals surface area contributed by atoms with Crippen LogP contribution in [0.1, 0.15) is 23.5 Å². The van der Waals surface area contributed by atoms with Gasteiger partial charge in [-0.3, -0.25) is 4.79 Å². The zero-order chi connectivity index (χ0) is 16.8. The van der Waals surface area contributed by atoms with Crippen molar-refractivity contribution >= 4 is 18.2 Å². The predicted molar refractivity (Wildman–Crippen MR) is 96.6 cm³/mol. The molecule has 0 fully saturated rings. The van der Waals surface area contributed by atoms with Gasteiger partial charge in [-0.25, -0.2) is 0 Å². The molecule has 1 heterocycles. The summed E-state index contributed by atoms with van der Waals surface area (Å²) in [4.78, 5) is 15.3. The smallest absolute Gasteiger partial charge is 0.312 e. The molecule has 0 aliphatic rings. The second-order valence-electron chi connectivity index (χ2n) is 5.42. The van der Waals surface area contributed by atoms with Crippen LogP contribution in [-0.2, 0) is 4.79 Å². The number of esters is 1. The van der Waals surface area contributed by atoms with Crippen LogP contribution < -0.4 is 4.74 Å². The van der Waals surface area contributed by atoms with Crippen molar-refractivity contribution in [1.82, 2.24) is 4.98 Å². The fraction of sp³-hybridized carbons (Fsp3) is 0.100. The topological polar surface area (TPSA) is 42.1 Å². The van der Waals surface area contributed by atoms with Gasteiger partial charge in [0.2, 0.25) is 0 Å². The lowest BCUT2D eigenvalue weighted by molar-refractivity contribution is -0.134. The van der Waals surface area contributed by atoms with Crippen molar-refractivity contribution in [3.05, 3.63) is 94.8 Å². The fourth-order valence-electron chi connectivity index (χ4n) is 2.62. The number of aromatic nitrogens is 1. The van der Waals surface area contributed by atoms with Gasteiger partial charge < -0.3 is 9.72 Å². The molecule has 0 atom stereocenters. The van der Waals surface area contributed by atoms with E-state index in [1.54, 1.807) is 18.3 Å². The van der Waals surface area contributed by atoms with E-state index < -0.39 is 0 Å². The average molecular weight is 335 g/mol. The van der Waals surface area contributed by atoms with Crippen LogP contribution in [0.4, 0.5) is 0 Å². The van der Waals surface area contributed by atoms with Gasteiger partial charge in [0, 0.05) is 12.1 Å². The SMILES string of the molecule is O=C(CC(c1ccccc1)c1ccccc1)Oc1ccc[nH]c1=S. The number of pyridine rings is 1. The van der Waals surface area contributed by atoms with E-state index in [0.717, 1.165) is 11.1 Å². The zero-order valence-electron chi connectivity index (χ0n) is 13.0. The number of rotatable bonds is 5. The Morgan fingerprint density at radius 3 is 2.04 bits per heavy atom. The highest BCUT2D eigenvalue weighted by atomic mass is 32.1. The van der Waals surface area contributed by atoms with Gasteiger partial charge >= 0.3 is 5.97 Å². The maximum Gasteiger partial charge on any atom is 0.312 e. The molecule has 24 heavy (non-hydrogen) atoms. The van der Waals surface area contributed by atoms with Crippen LogP contribution >= 0.6 is 12.2 Å². The van der Waals surface area contributed by atoms with E-state index in [9.17, 15) is 4.79 Å². The van der Waals surface area contributed by atoms with E-state index in [-0.39, 0.29) is 18.3 Å². The van der Waals surface area contributed by atoms with Crippen LogP contribution in [0.3, 0.4) is 0 Å². The van der Waals surface area contributed by atoms with E-state index in [4.69, 9.17) is 17.0 Å². The van der Waals surface area contributed by atoms with E-state index in [0.29, 0.717) is 10.4 Å². The number of H-pyrrole nitrogens is 1. The summed E-state index contributed by atoms with van der Waals surface area (Å²) in [6.07, 6.45) is 1.95. The highest BCUT2D eigenvalue weighted by Gasteiger charge is 2.19. The van der Waals surface area contributed by atoms with Crippen LogP contribution in [0.15, 0.2) is 79.0 Å². The number of carbonyl (C=O) groups excluding carboxylic acids is 1. The Hall–Kier alpha value is -2.72. The van der Waals surface area contributed by atoms with Crippen LogP contribution in [0.2, 0.25) is 0 Å². The first-order valence-electron chi connectivity index (χ1n) is 7.72. The number of ether oxygens (including phenoxy) is 1. The van der Waals surface area contributed by atoms with Crippen molar-refractivity contribution in [2.24, 2.45) is 0 Å². The standard InChI is InChI=1S/C20H17NO2S/c22-19(23-18-12-7-13-21-20(18)24)14-17(15-8-3-1-4-9-15)16-10-5-2-6-11-16/h1-13,17H,14H2,(H,21,24). The van der Waals surface area contributed by atoms with Crippen molar-refractivity contribution in [1.29, 1.82) is 0 Å². The molecule has 0 aliphatic heterocycles. The van der Waals surface area contributed by atoms with E-state index >= 15 is 0 Å². The molecule has 1 aromatic heterocycles. The van der Waals surface area contributed by atoms with Crippen molar-refractivity contribution in [3.8, 4) is 5.75 Å². The Kier molecular flexibility index (Phi) is 5.18. The lowest BCUT2D eigenvalue weighted by atomic mass is 9.89. The summed E-state index contributed by atoms with van der Waals surface area (Å²) >= 11 is 5.14. The quantitative estimate of drug-likeness (QED) is 0.534. The minimum Gasteiger partial charge on any atom is -0.423 e. The molecule has 3 nitrogen and oxygen atoms in total. The molecule has 0 spiro atoms. The summed E-state index contributed by atoms with van der Waals surface area (Å²) in [6, 6.07) is 23.4. The minimum atomic E-state index is -0.307. The number of hydrogen-bond donors (Lipinski definition) is 1. The normalized spacial score (nSPS) is 10.5. The maximum absolute atomic E-state index is 12.4. The van der Waals surface area contributed by atoms with Crippen molar-refractivity contribution in [2.75, 3.05) is 0 Å². The van der Waals surface area contributed by atoms with E-state index in [2.05, 4.69) is 4.98 Å². The average Bonchev–Trinajstić information content (AvgIpc) is 2.63. The minimum absolute atomic E-state index is 0.0545. The molecule has 3 rings (SSSR count). The summed E-state index contributed by atoms with van der Waals surface area (Å²) in [7, 11) is 0. The molecule has 1 N–H and O–H groups in total. The van der Waals surface area contributed by atoms with Gasteiger partial charge in [0.05, 0.1) is 6.42 Å². The summed E-state index contributed by atoms with van der Waals surface area (Å²) in [5.41, 5.74) is 2.16. The largest absolute Gasteiger partial charge is 0.423 e. The van der Waals surface area contributed by atoms with Gasteiger partial charge in [-0.15, -0.1) is 0 Å². The molecule has 0 radical (unpaired) electrons. The first-order valence-corrected chi connectivity index (χ1v) is 8.13. The van der Waals surface area contributed by atoms with Crippen molar-refractivity contribution in [3.63, 3.8) is 0 Å². The molecule has 2 aromatic carbocycles. The van der Waals surface area contributed by atoms with Gasteiger partial charge in [0.25, 0.3) is 0 Å². The van der Waals surface area contributed by atoms with Gasteiger partial charge in [-0.2, -0.15) is 0 Å². The third-order valence-electron chi connectivity index (χ3n) is 3.78. The van der Waals surface area contributed by atoms with Crippen LogP contribution in [0.5, 0.6) is 5.75 Å². The van der Waals surface area contributed by atoms with Gasteiger partial charge in [0.15, 0.2) is 5.75 Å². The van der Waals surface area contributed by atoms with Crippen LogP contribution in [-0.4, -0.2) is 11.0 Å². The van der Waals surface area contributed by atoms with Crippen LogP contribution in [0, 0.1) is 4.64 Å². The third kappa shape index (κ3) is 3.97. The Morgan fingerprint density at radius 2 is 1.50 bits per heavy atom. The van der Waals surface area contributed by atoms with Crippen LogP contribution in [0.25, 0.3) is 0 Å². The Morgan fingerprint density at radius 1 is 0.917 bits per heavy atom. The zero-order valence-corrected chi connectivity index (χ0v) is 13.8. The summed E-state index contributed by atoms with van der Waals surface area (Å²) in [5, 5.41) is 0. The van der Waals surface area contributed by atoms with Gasteiger partial charge in [0.1, 0.15) is 4.64 Å². The second-order valence-corrected chi connectivity index (χ2v) is 5.82. The molecule has 0 saturated carbocycles. The summed E-state index contributed by atoms with van der Waals surface area (Å²) in [5.74, 6) is 0.0249.